The van der Waals surface area contributed by atoms with Crippen LogP contribution in [-0.2, 0) is 26.1 Å². The molecule has 0 aliphatic heterocycles. The highest BCUT2D eigenvalue weighted by Gasteiger charge is 2.57. The quantitative estimate of drug-likeness (QED) is 0.471. The summed E-state index contributed by atoms with van der Waals surface area (Å²) < 4.78 is 17.5. The van der Waals surface area contributed by atoms with E-state index in [1.165, 1.54) is 14.2 Å². The van der Waals surface area contributed by atoms with Gasteiger partial charge in [-0.05, 0) is 41.3 Å². The second-order valence-corrected chi connectivity index (χ2v) is 7.74. The third-order valence-electron chi connectivity index (χ3n) is 6.39. The topological polar surface area (TPSA) is 66.8 Å². The van der Waals surface area contributed by atoms with E-state index in [0.717, 1.165) is 33.5 Å². The number of esters is 2. The number of aryl methyl sites for hydroxylation is 1. The molecule has 31 heavy (non-hydrogen) atoms. The molecule has 6 nitrogen and oxygen atoms in total. The van der Waals surface area contributed by atoms with Gasteiger partial charge in [-0.25, -0.2) is 0 Å². The van der Waals surface area contributed by atoms with Crippen LogP contribution in [0, 0.1) is 5.41 Å². The minimum atomic E-state index is -1.64. The maximum atomic E-state index is 13.1. The van der Waals surface area contributed by atoms with Gasteiger partial charge in [-0.3, -0.25) is 9.59 Å². The highest BCUT2D eigenvalue weighted by Crippen LogP contribution is 2.55. The fourth-order valence-corrected chi connectivity index (χ4v) is 4.84. The summed E-state index contributed by atoms with van der Waals surface area (Å²) in [4.78, 5) is 26.2. The normalized spacial score (nSPS) is 17.2. The molecule has 0 amide bonds. The van der Waals surface area contributed by atoms with Crippen molar-refractivity contribution in [2.45, 2.75) is 12.3 Å². The van der Waals surface area contributed by atoms with Crippen molar-refractivity contribution in [1.82, 2.24) is 4.57 Å². The van der Waals surface area contributed by atoms with Gasteiger partial charge in [0.2, 0.25) is 0 Å². The Morgan fingerprint density at radius 2 is 1.61 bits per heavy atom. The first-order valence-electron chi connectivity index (χ1n) is 9.98. The van der Waals surface area contributed by atoms with Crippen molar-refractivity contribution in [3.05, 3.63) is 71.9 Å². The molecule has 0 N–H and O–H groups in total. The van der Waals surface area contributed by atoms with Crippen LogP contribution in [0.4, 0.5) is 0 Å². The molecule has 1 atom stereocenters. The number of fused-ring (bicyclic) bond motifs is 3. The molecule has 3 aromatic rings. The molecular formula is C25H25NO5. The third-order valence-corrected chi connectivity index (χ3v) is 6.39. The summed E-state index contributed by atoms with van der Waals surface area (Å²) in [6.45, 7) is 4.22. The van der Waals surface area contributed by atoms with E-state index in [9.17, 15) is 9.59 Å². The molecule has 0 saturated carbocycles. The lowest BCUT2D eigenvalue weighted by molar-refractivity contribution is -0.165. The first kappa shape index (κ1) is 20.7. The van der Waals surface area contributed by atoms with Crippen molar-refractivity contribution in [3.63, 3.8) is 0 Å². The third kappa shape index (κ3) is 2.86. The van der Waals surface area contributed by atoms with Gasteiger partial charge in [0.05, 0.1) is 21.3 Å². The molecule has 2 aromatic carbocycles. The summed E-state index contributed by atoms with van der Waals surface area (Å²) >= 11 is 0. The highest BCUT2D eigenvalue weighted by molar-refractivity contribution is 6.14. The Morgan fingerprint density at radius 1 is 1.00 bits per heavy atom. The summed E-state index contributed by atoms with van der Waals surface area (Å²) in [5.41, 5.74) is 2.51. The predicted molar refractivity (Wildman–Crippen MR) is 118 cm³/mol. The van der Waals surface area contributed by atoms with E-state index < -0.39 is 17.4 Å². The zero-order valence-electron chi connectivity index (χ0n) is 18.1. The molecule has 0 bridgehead atoms. The van der Waals surface area contributed by atoms with Crippen molar-refractivity contribution >= 4 is 28.4 Å². The van der Waals surface area contributed by atoms with E-state index >= 15 is 0 Å². The molecule has 1 aromatic heterocycles. The molecular weight excluding hydrogens is 394 g/mol. The molecule has 160 valence electrons. The maximum absolute atomic E-state index is 13.1. The van der Waals surface area contributed by atoms with Crippen LogP contribution in [-0.4, -0.2) is 37.8 Å². The molecule has 0 spiro atoms. The van der Waals surface area contributed by atoms with Gasteiger partial charge in [0.25, 0.3) is 0 Å². The first-order chi connectivity index (χ1) is 14.9. The van der Waals surface area contributed by atoms with Gasteiger partial charge in [-0.15, -0.1) is 0 Å². The van der Waals surface area contributed by atoms with Crippen LogP contribution < -0.4 is 4.74 Å². The van der Waals surface area contributed by atoms with Crippen molar-refractivity contribution < 1.29 is 23.8 Å². The zero-order valence-corrected chi connectivity index (χ0v) is 18.1. The average molecular weight is 419 g/mol. The van der Waals surface area contributed by atoms with Gasteiger partial charge in [0.1, 0.15) is 5.75 Å². The van der Waals surface area contributed by atoms with Crippen LogP contribution in [0.1, 0.15) is 29.2 Å². The second-order valence-electron chi connectivity index (χ2n) is 7.74. The largest absolute Gasteiger partial charge is 0.497 e. The smallest absolute Gasteiger partial charge is 0.327 e. The van der Waals surface area contributed by atoms with Crippen LogP contribution in [0.3, 0.4) is 0 Å². The molecule has 0 fully saturated rings. The van der Waals surface area contributed by atoms with E-state index in [1.807, 2.05) is 54.1 Å². The number of benzene rings is 2. The van der Waals surface area contributed by atoms with Gasteiger partial charge in [0.15, 0.2) is 5.41 Å². The van der Waals surface area contributed by atoms with Gasteiger partial charge in [-0.1, -0.05) is 36.9 Å². The fourth-order valence-electron chi connectivity index (χ4n) is 4.84. The van der Waals surface area contributed by atoms with Gasteiger partial charge in [0, 0.05) is 29.6 Å². The zero-order chi connectivity index (χ0) is 22.3. The number of aromatic nitrogens is 1. The Labute approximate surface area is 181 Å². The van der Waals surface area contributed by atoms with Crippen LogP contribution in [0.25, 0.3) is 16.5 Å². The van der Waals surface area contributed by atoms with E-state index in [-0.39, 0.29) is 12.3 Å². The van der Waals surface area contributed by atoms with Gasteiger partial charge >= 0.3 is 11.9 Å². The summed E-state index contributed by atoms with van der Waals surface area (Å²) in [5, 5.41) is 1.06. The number of para-hydroxylation sites is 1. The lowest BCUT2D eigenvalue weighted by Crippen LogP contribution is -2.46. The van der Waals surface area contributed by atoms with Crippen molar-refractivity contribution in [2.75, 3.05) is 21.3 Å². The number of hydrogen-bond acceptors (Lipinski definition) is 5. The van der Waals surface area contributed by atoms with E-state index in [1.54, 1.807) is 7.11 Å². The molecule has 0 saturated heterocycles. The number of carbonyl (C=O) groups is 2. The van der Waals surface area contributed by atoms with Crippen LogP contribution in [0.5, 0.6) is 5.75 Å². The lowest BCUT2D eigenvalue weighted by Gasteiger charge is -2.39. The molecule has 4 rings (SSSR count). The molecule has 1 aliphatic rings. The van der Waals surface area contributed by atoms with Crippen LogP contribution >= 0.6 is 0 Å². The van der Waals surface area contributed by atoms with Crippen molar-refractivity contribution in [3.8, 4) is 5.75 Å². The van der Waals surface area contributed by atoms with E-state index in [2.05, 4.69) is 12.6 Å². The Kier molecular flexibility index (Phi) is 5.09. The number of rotatable bonds is 4. The Morgan fingerprint density at radius 3 is 2.19 bits per heavy atom. The fraction of sp³-hybridized carbons (Fsp3) is 0.280. The molecule has 0 radical (unpaired) electrons. The highest BCUT2D eigenvalue weighted by atomic mass is 16.5. The Hall–Kier alpha value is -3.54. The lowest BCUT2D eigenvalue weighted by atomic mass is 9.64. The SMILES string of the molecule is C=C1c2c(c3ccccc3n2C)C(c2ccc(OC)cc2)CC1(C(=O)OC)C(=O)OC. The minimum Gasteiger partial charge on any atom is -0.497 e. The van der Waals surface area contributed by atoms with E-state index in [0.29, 0.717) is 5.57 Å². The van der Waals surface area contributed by atoms with E-state index in [4.69, 9.17) is 14.2 Å². The summed E-state index contributed by atoms with van der Waals surface area (Å²) in [5.74, 6) is -0.859. The van der Waals surface area contributed by atoms with Crippen LogP contribution in [0.15, 0.2) is 55.1 Å². The molecule has 1 aliphatic carbocycles. The monoisotopic (exact) mass is 419 g/mol. The number of nitrogens with zero attached hydrogens (tertiary/aromatic N) is 1. The molecule has 6 heteroatoms. The first-order valence-corrected chi connectivity index (χ1v) is 9.98. The van der Waals surface area contributed by atoms with Gasteiger partial charge in [-0.2, -0.15) is 0 Å². The summed E-state index contributed by atoms with van der Waals surface area (Å²) in [6.07, 6.45) is 0.165. The minimum absolute atomic E-state index is 0.165. The predicted octanol–water partition coefficient (Wildman–Crippen LogP) is 4.07. The van der Waals surface area contributed by atoms with Crippen LogP contribution in [0.2, 0.25) is 0 Å². The second kappa shape index (κ2) is 7.61. The molecule has 1 unspecified atom stereocenters. The Balaban J connectivity index is 2.06. The number of hydrogen-bond donors (Lipinski definition) is 0. The molecule has 1 heterocycles. The maximum Gasteiger partial charge on any atom is 0.327 e. The Bertz CT molecular complexity index is 1170. The van der Waals surface area contributed by atoms with Crippen molar-refractivity contribution in [1.29, 1.82) is 0 Å². The van der Waals surface area contributed by atoms with Gasteiger partial charge < -0.3 is 18.8 Å². The van der Waals surface area contributed by atoms with Crippen molar-refractivity contribution in [2.24, 2.45) is 12.5 Å². The number of ether oxygens (including phenoxy) is 3. The number of methoxy groups -OCH3 is 3. The summed E-state index contributed by atoms with van der Waals surface area (Å²) in [6, 6.07) is 15.7. The summed E-state index contributed by atoms with van der Waals surface area (Å²) in [7, 11) is 6.09. The average Bonchev–Trinajstić information content (AvgIpc) is 3.12. The standard InChI is InChI=1S/C25H25NO5/c1-15-22-21(18-8-6-7-9-20(18)26(22)2)19(16-10-12-17(29-3)13-11-16)14-25(15,23(27)30-4)24(28)31-5/h6-13,19H,1,14H2,2-5H3. The number of carbonyl (C=O) groups excluding carboxylic acids is 2.